The molecule has 0 amide bonds. The van der Waals surface area contributed by atoms with Crippen LogP contribution in [-0.2, 0) is 0 Å². The quantitative estimate of drug-likeness (QED) is 0.644. The third kappa shape index (κ3) is 3.49. The molecule has 102 valence electrons. The summed E-state index contributed by atoms with van der Waals surface area (Å²) in [6.45, 7) is 3.45. The van der Waals surface area contributed by atoms with E-state index in [1.165, 1.54) is 6.07 Å². The van der Waals surface area contributed by atoms with E-state index in [0.29, 0.717) is 0 Å². The van der Waals surface area contributed by atoms with Crippen LogP contribution in [0.2, 0.25) is 0 Å². The van der Waals surface area contributed by atoms with Crippen LogP contribution in [0.3, 0.4) is 0 Å². The lowest BCUT2D eigenvalue weighted by Gasteiger charge is -2.34. The molecule has 0 aromatic heterocycles. The lowest BCUT2D eigenvalue weighted by molar-refractivity contribution is 0.110. The van der Waals surface area contributed by atoms with Gasteiger partial charge in [-0.2, -0.15) is 0 Å². The molecule has 0 unspecified atom stereocenters. The topological polar surface area (TPSA) is 76.0 Å². The lowest BCUT2D eigenvalue weighted by Crippen LogP contribution is -2.46. The number of aromatic hydroxyl groups is 2. The zero-order valence-electron chi connectivity index (χ0n) is 10.0. The number of phenols is 2. The Bertz CT molecular complexity index is 363. The summed E-state index contributed by atoms with van der Waals surface area (Å²) in [5, 5.41) is 31.7. The maximum Gasteiger partial charge on any atom is 0.119 e. The Labute approximate surface area is 112 Å². The summed E-state index contributed by atoms with van der Waals surface area (Å²) in [6, 6.07) is 4.29. The molecule has 0 spiro atoms. The first kappa shape index (κ1) is 15.0. The number of hydrogen-bond donors (Lipinski definition) is 4. The number of nitrogens with one attached hydrogen (secondary N) is 1. The Morgan fingerprint density at radius 2 is 1.67 bits per heavy atom. The first-order valence-corrected chi connectivity index (χ1v) is 5.79. The maximum absolute atomic E-state index is 9.49. The van der Waals surface area contributed by atoms with Gasteiger partial charge in [-0.15, -0.1) is 12.4 Å². The second kappa shape index (κ2) is 6.80. The van der Waals surface area contributed by atoms with E-state index < -0.39 is 0 Å². The average Bonchev–Trinajstić information content (AvgIpc) is 2.30. The minimum atomic E-state index is -0.171. The fraction of sp³-hybridized carbons (Fsp3) is 0.500. The van der Waals surface area contributed by atoms with Gasteiger partial charge in [-0.25, -0.2) is 0 Å². The molecule has 0 radical (unpaired) electrons. The van der Waals surface area contributed by atoms with Gasteiger partial charge in [0.1, 0.15) is 11.5 Å². The third-order valence-electron chi connectivity index (χ3n) is 3.07. The molecule has 1 atom stereocenters. The van der Waals surface area contributed by atoms with Gasteiger partial charge in [0.05, 0.1) is 12.6 Å². The van der Waals surface area contributed by atoms with Crippen LogP contribution < -0.4 is 5.32 Å². The maximum atomic E-state index is 9.49. The van der Waals surface area contributed by atoms with E-state index in [0.717, 1.165) is 31.7 Å². The van der Waals surface area contributed by atoms with Crippen LogP contribution in [0.15, 0.2) is 18.2 Å². The summed E-state index contributed by atoms with van der Waals surface area (Å²) >= 11 is 0. The number of aliphatic hydroxyl groups is 1. The first-order chi connectivity index (χ1) is 8.20. The van der Waals surface area contributed by atoms with E-state index in [1.54, 1.807) is 12.1 Å². The normalized spacial score (nSPS) is 18.1. The summed E-state index contributed by atoms with van der Waals surface area (Å²) in [6.07, 6.45) is 0. The van der Waals surface area contributed by atoms with Gasteiger partial charge in [0.25, 0.3) is 0 Å². The molecule has 0 bridgehead atoms. The van der Waals surface area contributed by atoms with Gasteiger partial charge in [-0.3, -0.25) is 4.90 Å². The monoisotopic (exact) mass is 274 g/mol. The fourth-order valence-electron chi connectivity index (χ4n) is 2.24. The van der Waals surface area contributed by atoms with Crippen LogP contribution in [0.25, 0.3) is 0 Å². The Morgan fingerprint density at radius 1 is 1.11 bits per heavy atom. The SMILES string of the molecule is Cl.OC[C@@H](c1cc(O)cc(O)c1)N1CCNCC1. The molecule has 6 heteroatoms. The van der Waals surface area contributed by atoms with Crippen LogP contribution in [0.5, 0.6) is 11.5 Å². The lowest BCUT2D eigenvalue weighted by atomic mass is 10.0. The van der Waals surface area contributed by atoms with Gasteiger partial charge >= 0.3 is 0 Å². The van der Waals surface area contributed by atoms with Crippen molar-refractivity contribution in [3.63, 3.8) is 0 Å². The third-order valence-corrected chi connectivity index (χ3v) is 3.07. The molecule has 4 N–H and O–H groups in total. The van der Waals surface area contributed by atoms with Crippen molar-refractivity contribution in [1.82, 2.24) is 10.2 Å². The fourth-order valence-corrected chi connectivity index (χ4v) is 2.24. The van der Waals surface area contributed by atoms with Crippen molar-refractivity contribution in [3.05, 3.63) is 23.8 Å². The highest BCUT2D eigenvalue weighted by Crippen LogP contribution is 2.28. The highest BCUT2D eigenvalue weighted by molar-refractivity contribution is 5.85. The predicted molar refractivity (Wildman–Crippen MR) is 71.3 cm³/mol. The molecule has 1 heterocycles. The van der Waals surface area contributed by atoms with Crippen LogP contribution in [0, 0.1) is 0 Å². The molecule has 0 aliphatic carbocycles. The number of halogens is 1. The van der Waals surface area contributed by atoms with Crippen LogP contribution in [0.4, 0.5) is 0 Å². The van der Waals surface area contributed by atoms with Crippen LogP contribution in [-0.4, -0.2) is 53.0 Å². The van der Waals surface area contributed by atoms with Crippen molar-refractivity contribution in [1.29, 1.82) is 0 Å². The van der Waals surface area contributed by atoms with Crippen LogP contribution in [0.1, 0.15) is 11.6 Å². The number of phenolic OH excluding ortho intramolecular Hbond substituents is 2. The minimum absolute atomic E-state index is 0. The molecular weight excluding hydrogens is 256 g/mol. The Balaban J connectivity index is 0.00000162. The Hall–Kier alpha value is -1.01. The van der Waals surface area contributed by atoms with Crippen molar-refractivity contribution in [2.45, 2.75) is 6.04 Å². The minimum Gasteiger partial charge on any atom is -0.508 e. The first-order valence-electron chi connectivity index (χ1n) is 5.79. The van der Waals surface area contributed by atoms with E-state index in [2.05, 4.69) is 10.2 Å². The summed E-state index contributed by atoms with van der Waals surface area (Å²) < 4.78 is 0. The van der Waals surface area contributed by atoms with Crippen LogP contribution >= 0.6 is 12.4 Å². The molecule has 1 aliphatic rings. The van der Waals surface area contributed by atoms with Crippen molar-refractivity contribution in [3.8, 4) is 11.5 Å². The molecule has 0 saturated carbocycles. The van der Waals surface area contributed by atoms with E-state index in [4.69, 9.17) is 0 Å². The Kier molecular flexibility index (Phi) is 5.68. The zero-order chi connectivity index (χ0) is 12.3. The molecule has 1 aromatic rings. The molecule has 5 nitrogen and oxygen atoms in total. The molecule has 2 rings (SSSR count). The van der Waals surface area contributed by atoms with E-state index in [-0.39, 0.29) is 36.6 Å². The van der Waals surface area contributed by atoms with Gasteiger partial charge in [0, 0.05) is 32.2 Å². The smallest absolute Gasteiger partial charge is 0.119 e. The second-order valence-electron chi connectivity index (χ2n) is 4.27. The standard InChI is InChI=1S/C12H18N2O3.ClH/c15-8-12(14-3-1-13-2-4-14)9-5-10(16)7-11(17)6-9;/h5-7,12-13,15-17H,1-4,8H2;1H/t12-;/m0./s1. The molecular formula is C12H19ClN2O3. The van der Waals surface area contributed by atoms with E-state index >= 15 is 0 Å². The molecule has 1 saturated heterocycles. The van der Waals surface area contributed by atoms with Gasteiger partial charge in [0.2, 0.25) is 0 Å². The van der Waals surface area contributed by atoms with Gasteiger partial charge in [0.15, 0.2) is 0 Å². The highest BCUT2D eigenvalue weighted by atomic mass is 35.5. The molecule has 1 aromatic carbocycles. The molecule has 1 fully saturated rings. The van der Waals surface area contributed by atoms with E-state index in [9.17, 15) is 15.3 Å². The van der Waals surface area contributed by atoms with Gasteiger partial charge < -0.3 is 20.6 Å². The van der Waals surface area contributed by atoms with Gasteiger partial charge in [-0.05, 0) is 17.7 Å². The summed E-state index contributed by atoms with van der Waals surface area (Å²) in [4.78, 5) is 2.14. The predicted octanol–water partition coefficient (Wildman–Crippen LogP) is 0.458. The van der Waals surface area contributed by atoms with E-state index in [1.807, 2.05) is 0 Å². The molecule has 18 heavy (non-hydrogen) atoms. The number of rotatable bonds is 3. The number of nitrogens with zero attached hydrogens (tertiary/aromatic N) is 1. The summed E-state index contributed by atoms with van der Waals surface area (Å²) in [5.74, 6) is 0.0437. The van der Waals surface area contributed by atoms with Crippen molar-refractivity contribution >= 4 is 12.4 Å². The average molecular weight is 275 g/mol. The second-order valence-corrected chi connectivity index (χ2v) is 4.27. The summed E-state index contributed by atoms with van der Waals surface area (Å²) in [5.41, 5.74) is 0.743. The van der Waals surface area contributed by atoms with Crippen molar-refractivity contribution < 1.29 is 15.3 Å². The number of benzene rings is 1. The highest BCUT2D eigenvalue weighted by Gasteiger charge is 2.22. The summed E-state index contributed by atoms with van der Waals surface area (Å²) in [7, 11) is 0. The number of hydrogen-bond acceptors (Lipinski definition) is 5. The van der Waals surface area contributed by atoms with Crippen molar-refractivity contribution in [2.75, 3.05) is 32.8 Å². The number of piperazine rings is 1. The zero-order valence-corrected chi connectivity index (χ0v) is 10.9. The number of aliphatic hydroxyl groups excluding tert-OH is 1. The largest absolute Gasteiger partial charge is 0.508 e. The Morgan fingerprint density at radius 3 is 2.17 bits per heavy atom. The van der Waals surface area contributed by atoms with Gasteiger partial charge in [-0.1, -0.05) is 0 Å². The molecule has 1 aliphatic heterocycles. The van der Waals surface area contributed by atoms with Crippen molar-refractivity contribution in [2.24, 2.45) is 0 Å².